The zero-order valence-corrected chi connectivity index (χ0v) is 10.0. The van der Waals surface area contributed by atoms with E-state index in [4.69, 9.17) is 0 Å². The second-order valence-electron chi connectivity index (χ2n) is 3.87. The number of Topliss-reactive ketones (excluding diaryl/α,β-unsaturated/α-hetero) is 1. The monoisotopic (exact) mass is 248 g/mol. The third-order valence-electron chi connectivity index (χ3n) is 2.24. The van der Waals surface area contributed by atoms with Crippen molar-refractivity contribution in [3.63, 3.8) is 0 Å². The van der Waals surface area contributed by atoms with E-state index in [0.29, 0.717) is 26.2 Å². The standard InChI is InChI=1S/C9H16N2O4S/c1-8(12)6-16(14,15)7-9(13)11-4-2-10-3-5-11/h10H,2-7H2,1H3. The van der Waals surface area contributed by atoms with Gasteiger partial charge in [-0.25, -0.2) is 8.42 Å². The molecule has 92 valence electrons. The van der Waals surface area contributed by atoms with E-state index in [1.807, 2.05) is 0 Å². The molecule has 1 N–H and O–H groups in total. The van der Waals surface area contributed by atoms with E-state index in [-0.39, 0.29) is 0 Å². The van der Waals surface area contributed by atoms with Crippen LogP contribution in [0, 0.1) is 0 Å². The van der Waals surface area contributed by atoms with Gasteiger partial charge in [0.1, 0.15) is 17.3 Å². The highest BCUT2D eigenvalue weighted by Gasteiger charge is 2.23. The number of ketones is 1. The van der Waals surface area contributed by atoms with Gasteiger partial charge in [-0.1, -0.05) is 0 Å². The van der Waals surface area contributed by atoms with E-state index in [2.05, 4.69) is 5.32 Å². The lowest BCUT2D eigenvalue weighted by Gasteiger charge is -2.27. The van der Waals surface area contributed by atoms with Crippen LogP contribution in [0.3, 0.4) is 0 Å². The highest BCUT2D eigenvalue weighted by atomic mass is 32.2. The molecule has 0 saturated carbocycles. The second kappa shape index (κ2) is 5.40. The molecule has 6 nitrogen and oxygen atoms in total. The predicted molar refractivity (Wildman–Crippen MR) is 58.8 cm³/mol. The summed E-state index contributed by atoms with van der Waals surface area (Å²) in [5, 5.41) is 3.07. The summed E-state index contributed by atoms with van der Waals surface area (Å²) in [6, 6.07) is 0. The average molecular weight is 248 g/mol. The first-order chi connectivity index (χ1) is 7.41. The molecule has 1 rings (SSSR count). The number of nitrogens with zero attached hydrogens (tertiary/aromatic N) is 1. The van der Waals surface area contributed by atoms with Gasteiger partial charge in [-0.2, -0.15) is 0 Å². The van der Waals surface area contributed by atoms with Gasteiger partial charge >= 0.3 is 0 Å². The van der Waals surface area contributed by atoms with Crippen LogP contribution in [0.4, 0.5) is 0 Å². The first-order valence-electron chi connectivity index (χ1n) is 5.09. The minimum Gasteiger partial charge on any atom is -0.339 e. The Bertz CT molecular complexity index is 371. The van der Waals surface area contributed by atoms with Crippen molar-refractivity contribution in [2.75, 3.05) is 37.7 Å². The average Bonchev–Trinajstić information content (AvgIpc) is 2.16. The number of hydrogen-bond acceptors (Lipinski definition) is 5. The molecule has 1 aliphatic heterocycles. The summed E-state index contributed by atoms with van der Waals surface area (Å²) in [5.74, 6) is -1.96. The molecule has 0 atom stereocenters. The van der Waals surface area contributed by atoms with E-state index in [1.165, 1.54) is 11.8 Å². The molecular weight excluding hydrogens is 232 g/mol. The summed E-state index contributed by atoms with van der Waals surface area (Å²) in [6.07, 6.45) is 0. The van der Waals surface area contributed by atoms with Gasteiger partial charge < -0.3 is 10.2 Å². The first-order valence-corrected chi connectivity index (χ1v) is 6.91. The fraction of sp³-hybridized carbons (Fsp3) is 0.778. The lowest BCUT2D eigenvalue weighted by atomic mass is 10.3. The Balaban J connectivity index is 2.52. The van der Waals surface area contributed by atoms with Crippen molar-refractivity contribution < 1.29 is 18.0 Å². The second-order valence-corrected chi connectivity index (χ2v) is 5.93. The summed E-state index contributed by atoms with van der Waals surface area (Å²) < 4.78 is 22.8. The molecule has 7 heteroatoms. The summed E-state index contributed by atoms with van der Waals surface area (Å²) in [6.45, 7) is 3.60. The van der Waals surface area contributed by atoms with Crippen molar-refractivity contribution in [1.29, 1.82) is 0 Å². The molecule has 0 bridgehead atoms. The molecular formula is C9H16N2O4S. The van der Waals surface area contributed by atoms with Crippen LogP contribution in [0.1, 0.15) is 6.92 Å². The highest BCUT2D eigenvalue weighted by Crippen LogP contribution is 1.99. The van der Waals surface area contributed by atoms with Gasteiger partial charge in [0.2, 0.25) is 5.91 Å². The number of hydrogen-bond donors (Lipinski definition) is 1. The molecule has 1 amide bonds. The highest BCUT2D eigenvalue weighted by molar-refractivity contribution is 7.92. The van der Waals surface area contributed by atoms with E-state index >= 15 is 0 Å². The first kappa shape index (κ1) is 13.1. The molecule has 0 aromatic carbocycles. The molecule has 1 aliphatic rings. The molecule has 0 aromatic heterocycles. The van der Waals surface area contributed by atoms with Crippen molar-refractivity contribution in [1.82, 2.24) is 10.2 Å². The smallest absolute Gasteiger partial charge is 0.237 e. The zero-order valence-electron chi connectivity index (χ0n) is 9.23. The Morgan fingerprint density at radius 2 is 1.75 bits per heavy atom. The third-order valence-corrected chi connectivity index (χ3v) is 3.77. The Morgan fingerprint density at radius 1 is 1.19 bits per heavy atom. The van der Waals surface area contributed by atoms with Crippen molar-refractivity contribution in [2.24, 2.45) is 0 Å². The minimum absolute atomic E-state index is 0.414. The van der Waals surface area contributed by atoms with Gasteiger partial charge in [-0.3, -0.25) is 9.59 Å². The Morgan fingerprint density at radius 3 is 2.25 bits per heavy atom. The maximum Gasteiger partial charge on any atom is 0.237 e. The van der Waals surface area contributed by atoms with E-state index in [1.54, 1.807) is 0 Å². The third kappa shape index (κ3) is 4.28. The van der Waals surface area contributed by atoms with E-state index in [9.17, 15) is 18.0 Å². The zero-order chi connectivity index (χ0) is 12.2. The van der Waals surface area contributed by atoms with Crippen LogP contribution in [-0.4, -0.2) is 62.7 Å². The quantitative estimate of drug-likeness (QED) is 0.649. The van der Waals surface area contributed by atoms with Gasteiger partial charge in [0.05, 0.1) is 0 Å². The Hall–Kier alpha value is -0.950. The number of carbonyl (C=O) groups is 2. The van der Waals surface area contributed by atoms with Gasteiger partial charge in [-0.05, 0) is 6.92 Å². The maximum atomic E-state index is 11.6. The van der Waals surface area contributed by atoms with Gasteiger partial charge in [-0.15, -0.1) is 0 Å². The summed E-state index contributed by atoms with van der Waals surface area (Å²) >= 11 is 0. The molecule has 1 saturated heterocycles. The lowest BCUT2D eigenvalue weighted by molar-refractivity contribution is -0.128. The Labute approximate surface area is 94.9 Å². The fourth-order valence-corrected chi connectivity index (χ4v) is 2.83. The molecule has 1 fully saturated rings. The SMILES string of the molecule is CC(=O)CS(=O)(=O)CC(=O)N1CCNCC1. The number of rotatable bonds is 4. The van der Waals surface area contributed by atoms with Crippen LogP contribution in [0.5, 0.6) is 0 Å². The molecule has 16 heavy (non-hydrogen) atoms. The van der Waals surface area contributed by atoms with Crippen LogP contribution in [0.15, 0.2) is 0 Å². The van der Waals surface area contributed by atoms with Crippen LogP contribution < -0.4 is 5.32 Å². The summed E-state index contributed by atoms with van der Waals surface area (Å²) in [7, 11) is -3.59. The number of sulfone groups is 1. The van der Waals surface area contributed by atoms with Crippen molar-refractivity contribution in [3.8, 4) is 0 Å². The number of piperazine rings is 1. The van der Waals surface area contributed by atoms with Crippen LogP contribution >= 0.6 is 0 Å². The summed E-state index contributed by atoms with van der Waals surface area (Å²) in [4.78, 5) is 23.8. The van der Waals surface area contributed by atoms with Crippen LogP contribution in [0.25, 0.3) is 0 Å². The Kier molecular flexibility index (Phi) is 4.43. The molecule has 1 heterocycles. The lowest BCUT2D eigenvalue weighted by Crippen LogP contribution is -2.48. The van der Waals surface area contributed by atoms with E-state index < -0.39 is 33.0 Å². The minimum atomic E-state index is -3.59. The number of nitrogens with one attached hydrogen (secondary N) is 1. The molecule has 0 unspecified atom stereocenters. The van der Waals surface area contributed by atoms with E-state index in [0.717, 1.165) is 0 Å². The molecule has 0 aromatic rings. The fourth-order valence-electron chi connectivity index (χ4n) is 1.55. The molecule has 0 aliphatic carbocycles. The van der Waals surface area contributed by atoms with Crippen molar-refractivity contribution in [2.45, 2.75) is 6.92 Å². The largest absolute Gasteiger partial charge is 0.339 e. The van der Waals surface area contributed by atoms with Gasteiger partial charge in [0.25, 0.3) is 0 Å². The number of carbonyl (C=O) groups excluding carboxylic acids is 2. The topological polar surface area (TPSA) is 83.5 Å². The molecule has 0 spiro atoms. The van der Waals surface area contributed by atoms with Crippen LogP contribution in [-0.2, 0) is 19.4 Å². The summed E-state index contributed by atoms with van der Waals surface area (Å²) in [5.41, 5.74) is 0. The van der Waals surface area contributed by atoms with Crippen molar-refractivity contribution >= 4 is 21.5 Å². The molecule has 0 radical (unpaired) electrons. The number of amides is 1. The van der Waals surface area contributed by atoms with Crippen LogP contribution in [0.2, 0.25) is 0 Å². The van der Waals surface area contributed by atoms with Gasteiger partial charge in [0, 0.05) is 26.2 Å². The maximum absolute atomic E-state index is 11.6. The normalized spacial score (nSPS) is 17.2. The predicted octanol–water partition coefficient (Wildman–Crippen LogP) is -1.58. The van der Waals surface area contributed by atoms with Crippen molar-refractivity contribution in [3.05, 3.63) is 0 Å². The van der Waals surface area contributed by atoms with Gasteiger partial charge in [0.15, 0.2) is 9.84 Å².